The summed E-state index contributed by atoms with van der Waals surface area (Å²) in [6.07, 6.45) is 1.39. The maximum atomic E-state index is 12.3. The molecular weight excluding hydrogens is 390 g/mol. The lowest BCUT2D eigenvalue weighted by Gasteiger charge is -2.07. The Bertz CT molecular complexity index is 903. The number of amides is 1. The number of nitrogens with one attached hydrogen (secondary N) is 1. The Hall–Kier alpha value is -3.18. The number of nitriles is 1. The molecule has 0 radical (unpaired) electrons. The van der Waals surface area contributed by atoms with E-state index in [9.17, 15) is 20.2 Å². The van der Waals surface area contributed by atoms with E-state index in [0.29, 0.717) is 11.3 Å². The summed E-state index contributed by atoms with van der Waals surface area (Å²) in [6, 6.07) is 12.5. The smallest absolute Gasteiger partial charge is 0.271 e. The van der Waals surface area contributed by atoms with Crippen molar-refractivity contribution >= 4 is 39.3 Å². The van der Waals surface area contributed by atoms with E-state index >= 15 is 0 Å². The lowest BCUT2D eigenvalue weighted by Crippen LogP contribution is -2.13. The lowest BCUT2D eigenvalue weighted by atomic mass is 10.1. The molecule has 0 aliphatic carbocycles. The Morgan fingerprint density at radius 2 is 2.12 bits per heavy atom. The van der Waals surface area contributed by atoms with Gasteiger partial charge in [0.15, 0.2) is 0 Å². The fourth-order valence-electron chi connectivity index (χ4n) is 2.02. The van der Waals surface area contributed by atoms with Crippen molar-refractivity contribution in [3.63, 3.8) is 0 Å². The number of anilines is 1. The fourth-order valence-corrected chi connectivity index (χ4v) is 2.40. The van der Waals surface area contributed by atoms with Crippen LogP contribution >= 0.6 is 15.9 Å². The molecule has 1 N–H and O–H groups in total. The van der Waals surface area contributed by atoms with Gasteiger partial charge in [-0.2, -0.15) is 5.26 Å². The van der Waals surface area contributed by atoms with Gasteiger partial charge >= 0.3 is 0 Å². The Balaban J connectivity index is 2.30. The third-order valence-electron chi connectivity index (χ3n) is 3.17. The number of hydrogen-bond donors (Lipinski definition) is 1. The van der Waals surface area contributed by atoms with Crippen LogP contribution in [0.3, 0.4) is 0 Å². The zero-order chi connectivity index (χ0) is 18.4. The third-order valence-corrected chi connectivity index (χ3v) is 3.66. The summed E-state index contributed by atoms with van der Waals surface area (Å²) >= 11 is 3.32. The van der Waals surface area contributed by atoms with E-state index in [1.54, 1.807) is 18.2 Å². The first-order chi connectivity index (χ1) is 11.9. The summed E-state index contributed by atoms with van der Waals surface area (Å²) in [4.78, 5) is 22.5. The van der Waals surface area contributed by atoms with Crippen LogP contribution in [0, 0.1) is 21.4 Å². The molecule has 0 spiro atoms. The van der Waals surface area contributed by atoms with Gasteiger partial charge in [0.2, 0.25) is 0 Å². The molecule has 25 heavy (non-hydrogen) atoms. The predicted molar refractivity (Wildman–Crippen MR) is 96.0 cm³/mol. The number of non-ortho nitro benzene ring substituents is 1. The number of nitro groups is 1. The summed E-state index contributed by atoms with van der Waals surface area (Å²) < 4.78 is 5.96. The Kier molecular flexibility index (Phi) is 5.87. The van der Waals surface area contributed by atoms with Gasteiger partial charge in [-0.05, 0) is 30.3 Å². The third kappa shape index (κ3) is 4.65. The topological polar surface area (TPSA) is 105 Å². The van der Waals surface area contributed by atoms with Crippen LogP contribution in [0.2, 0.25) is 0 Å². The number of carbonyl (C=O) groups is 1. The number of carbonyl (C=O) groups excluding carboxylic acids is 1. The highest BCUT2D eigenvalue weighted by molar-refractivity contribution is 9.10. The molecule has 0 aliphatic rings. The van der Waals surface area contributed by atoms with Crippen LogP contribution in [0.1, 0.15) is 5.56 Å². The quantitative estimate of drug-likeness (QED) is 0.353. The maximum absolute atomic E-state index is 12.3. The minimum atomic E-state index is -0.676. The normalized spacial score (nSPS) is 10.7. The van der Waals surface area contributed by atoms with Crippen LogP contribution in [0.4, 0.5) is 11.4 Å². The molecule has 0 atom stereocenters. The van der Waals surface area contributed by atoms with Gasteiger partial charge < -0.3 is 10.1 Å². The van der Waals surface area contributed by atoms with Crippen LogP contribution in [0.5, 0.6) is 5.75 Å². The van der Waals surface area contributed by atoms with Crippen LogP contribution in [0.15, 0.2) is 52.5 Å². The predicted octanol–water partition coefficient (Wildman–Crippen LogP) is 3.91. The van der Waals surface area contributed by atoms with Gasteiger partial charge in [-0.15, -0.1) is 0 Å². The van der Waals surface area contributed by atoms with Gasteiger partial charge in [-0.3, -0.25) is 14.9 Å². The molecule has 2 aromatic carbocycles. The molecule has 1 amide bonds. The number of hydrogen-bond acceptors (Lipinski definition) is 5. The van der Waals surface area contributed by atoms with Gasteiger partial charge in [0.1, 0.15) is 17.4 Å². The fraction of sp³-hybridized carbons (Fsp3) is 0.0588. The zero-order valence-electron chi connectivity index (χ0n) is 13.0. The van der Waals surface area contributed by atoms with E-state index < -0.39 is 10.8 Å². The Labute approximate surface area is 151 Å². The number of nitrogens with zero attached hydrogens (tertiary/aromatic N) is 2. The summed E-state index contributed by atoms with van der Waals surface area (Å²) in [5.74, 6) is -0.177. The first-order valence-electron chi connectivity index (χ1n) is 6.95. The molecule has 0 heterocycles. The van der Waals surface area contributed by atoms with Gasteiger partial charge in [-0.25, -0.2) is 0 Å². The summed E-state index contributed by atoms with van der Waals surface area (Å²) in [5.41, 5.74) is 0.445. The molecule has 7 nitrogen and oxygen atoms in total. The number of nitro benzene ring substituents is 1. The summed E-state index contributed by atoms with van der Waals surface area (Å²) in [5, 5.41) is 22.5. The molecule has 126 valence electrons. The average Bonchev–Trinajstić information content (AvgIpc) is 2.59. The molecule has 0 fully saturated rings. The van der Waals surface area contributed by atoms with Crippen LogP contribution in [0.25, 0.3) is 6.08 Å². The molecule has 0 aromatic heterocycles. The Morgan fingerprint density at radius 1 is 1.36 bits per heavy atom. The molecule has 0 aliphatic heterocycles. The molecular formula is C17H12BrN3O4. The molecule has 0 bridgehead atoms. The number of methoxy groups -OCH3 is 1. The highest BCUT2D eigenvalue weighted by atomic mass is 79.9. The highest BCUT2D eigenvalue weighted by Crippen LogP contribution is 2.25. The largest absolute Gasteiger partial charge is 0.496 e. The standard InChI is InChI=1S/C17H12BrN3O4/c1-25-16-6-5-13(18)8-11(16)7-12(10-19)17(22)20-14-3-2-4-15(9-14)21(23)24/h2-9H,1H3,(H,20,22)/b12-7+. The van der Waals surface area contributed by atoms with Crippen molar-refractivity contribution in [3.05, 3.63) is 68.2 Å². The first kappa shape index (κ1) is 18.2. The number of rotatable bonds is 5. The molecule has 2 rings (SSSR count). The lowest BCUT2D eigenvalue weighted by molar-refractivity contribution is -0.384. The van der Waals surface area contributed by atoms with E-state index in [1.807, 2.05) is 6.07 Å². The van der Waals surface area contributed by atoms with Crippen molar-refractivity contribution in [2.24, 2.45) is 0 Å². The van der Waals surface area contributed by atoms with E-state index in [0.717, 1.165) is 4.47 Å². The summed E-state index contributed by atoms with van der Waals surface area (Å²) in [6.45, 7) is 0. The van der Waals surface area contributed by atoms with Gasteiger partial charge in [0.05, 0.1) is 12.0 Å². The second-order valence-corrected chi connectivity index (χ2v) is 5.73. The molecule has 8 heteroatoms. The van der Waals surface area contributed by atoms with E-state index in [1.165, 1.54) is 37.5 Å². The first-order valence-corrected chi connectivity index (χ1v) is 7.75. The maximum Gasteiger partial charge on any atom is 0.271 e. The van der Waals surface area contributed by atoms with Crippen LogP contribution in [-0.4, -0.2) is 17.9 Å². The Morgan fingerprint density at radius 3 is 2.76 bits per heavy atom. The van der Waals surface area contributed by atoms with E-state index in [4.69, 9.17) is 4.74 Å². The van der Waals surface area contributed by atoms with Gasteiger partial charge in [0.25, 0.3) is 11.6 Å². The van der Waals surface area contributed by atoms with E-state index in [-0.39, 0.29) is 16.9 Å². The van der Waals surface area contributed by atoms with Crippen molar-refractivity contribution in [2.75, 3.05) is 12.4 Å². The molecule has 0 saturated carbocycles. The highest BCUT2D eigenvalue weighted by Gasteiger charge is 2.13. The number of halogens is 1. The number of benzene rings is 2. The van der Waals surface area contributed by atoms with Crippen molar-refractivity contribution in [1.82, 2.24) is 0 Å². The SMILES string of the molecule is COc1ccc(Br)cc1/C=C(\C#N)C(=O)Nc1cccc([N+](=O)[O-])c1. The zero-order valence-corrected chi connectivity index (χ0v) is 14.6. The monoisotopic (exact) mass is 401 g/mol. The van der Waals surface area contributed by atoms with Gasteiger partial charge in [-0.1, -0.05) is 22.0 Å². The number of ether oxygens (including phenoxy) is 1. The minimum absolute atomic E-state index is 0.158. The van der Waals surface area contributed by atoms with Crippen molar-refractivity contribution < 1.29 is 14.5 Å². The van der Waals surface area contributed by atoms with Crippen LogP contribution in [-0.2, 0) is 4.79 Å². The van der Waals surface area contributed by atoms with Gasteiger partial charge in [0, 0.05) is 27.9 Å². The van der Waals surface area contributed by atoms with Crippen LogP contribution < -0.4 is 10.1 Å². The van der Waals surface area contributed by atoms with Crippen molar-refractivity contribution in [1.29, 1.82) is 5.26 Å². The van der Waals surface area contributed by atoms with Crippen molar-refractivity contribution in [2.45, 2.75) is 0 Å². The second-order valence-electron chi connectivity index (χ2n) is 4.82. The summed E-state index contributed by atoms with van der Waals surface area (Å²) in [7, 11) is 1.48. The van der Waals surface area contributed by atoms with Crippen molar-refractivity contribution in [3.8, 4) is 11.8 Å². The molecule has 2 aromatic rings. The minimum Gasteiger partial charge on any atom is -0.496 e. The van der Waals surface area contributed by atoms with E-state index in [2.05, 4.69) is 21.2 Å². The second kappa shape index (κ2) is 8.08. The molecule has 0 unspecified atom stereocenters. The molecule has 0 saturated heterocycles. The average molecular weight is 402 g/mol.